The van der Waals surface area contributed by atoms with Crippen LogP contribution in [0.25, 0.3) is 5.65 Å². The van der Waals surface area contributed by atoms with E-state index in [9.17, 15) is 9.59 Å². The SMILES string of the molecule is COC(=O)C(C)NC(=O)c1cnn2c(C)cc(C)nc12. The van der Waals surface area contributed by atoms with Gasteiger partial charge in [-0.25, -0.2) is 14.3 Å². The van der Waals surface area contributed by atoms with Gasteiger partial charge in [0.05, 0.1) is 13.3 Å². The number of aromatic nitrogens is 3. The molecule has 0 aliphatic heterocycles. The van der Waals surface area contributed by atoms with Gasteiger partial charge in [0.15, 0.2) is 5.65 Å². The van der Waals surface area contributed by atoms with Gasteiger partial charge in [-0.15, -0.1) is 0 Å². The fraction of sp³-hybridized carbons (Fsp3) is 0.385. The van der Waals surface area contributed by atoms with Crippen LogP contribution in [0.5, 0.6) is 0 Å². The number of carbonyl (C=O) groups is 2. The van der Waals surface area contributed by atoms with Crippen molar-refractivity contribution >= 4 is 17.5 Å². The van der Waals surface area contributed by atoms with Crippen molar-refractivity contribution in [1.29, 1.82) is 0 Å². The zero-order valence-corrected chi connectivity index (χ0v) is 11.8. The standard InChI is InChI=1S/C13H16N4O3/c1-7-5-8(2)17-11(15-7)10(6-14-17)12(18)16-9(3)13(19)20-4/h5-6,9H,1-4H3,(H,16,18). The molecule has 0 aliphatic carbocycles. The predicted octanol–water partition coefficient (Wildman–Crippen LogP) is 0.637. The molecule has 2 aromatic rings. The molecule has 0 spiro atoms. The van der Waals surface area contributed by atoms with E-state index in [0.717, 1.165) is 11.4 Å². The van der Waals surface area contributed by atoms with Crippen LogP contribution in [-0.4, -0.2) is 39.6 Å². The first-order valence-corrected chi connectivity index (χ1v) is 6.14. The lowest BCUT2D eigenvalue weighted by Gasteiger charge is -2.10. The Morgan fingerprint density at radius 3 is 2.75 bits per heavy atom. The Balaban J connectivity index is 2.34. The minimum Gasteiger partial charge on any atom is -0.467 e. The summed E-state index contributed by atoms with van der Waals surface area (Å²) in [6, 6.07) is 1.15. The monoisotopic (exact) mass is 276 g/mol. The lowest BCUT2D eigenvalue weighted by Crippen LogP contribution is -2.39. The predicted molar refractivity (Wildman–Crippen MR) is 71.4 cm³/mol. The quantitative estimate of drug-likeness (QED) is 0.831. The van der Waals surface area contributed by atoms with Gasteiger partial charge in [0.25, 0.3) is 5.91 Å². The summed E-state index contributed by atoms with van der Waals surface area (Å²) in [4.78, 5) is 27.8. The van der Waals surface area contributed by atoms with Gasteiger partial charge in [0.1, 0.15) is 11.6 Å². The third kappa shape index (κ3) is 2.47. The maximum Gasteiger partial charge on any atom is 0.328 e. The molecule has 1 amide bonds. The van der Waals surface area contributed by atoms with Crippen LogP contribution >= 0.6 is 0 Å². The minimum absolute atomic E-state index is 0.326. The van der Waals surface area contributed by atoms with Crippen LogP contribution in [0.2, 0.25) is 0 Å². The van der Waals surface area contributed by atoms with Crippen molar-refractivity contribution in [1.82, 2.24) is 19.9 Å². The number of aryl methyl sites for hydroxylation is 2. The van der Waals surface area contributed by atoms with E-state index in [1.165, 1.54) is 13.3 Å². The van der Waals surface area contributed by atoms with Gasteiger partial charge >= 0.3 is 5.97 Å². The van der Waals surface area contributed by atoms with E-state index >= 15 is 0 Å². The van der Waals surface area contributed by atoms with Crippen molar-refractivity contribution in [3.63, 3.8) is 0 Å². The highest BCUT2D eigenvalue weighted by Gasteiger charge is 2.20. The first-order chi connectivity index (χ1) is 9.43. The first kappa shape index (κ1) is 14.0. The number of ether oxygens (including phenoxy) is 1. The fourth-order valence-electron chi connectivity index (χ4n) is 1.94. The van der Waals surface area contributed by atoms with E-state index in [0.29, 0.717) is 11.2 Å². The Hall–Kier alpha value is -2.44. The van der Waals surface area contributed by atoms with Crippen LogP contribution in [0.15, 0.2) is 12.3 Å². The summed E-state index contributed by atoms with van der Waals surface area (Å²) in [7, 11) is 1.27. The van der Waals surface area contributed by atoms with Gasteiger partial charge in [0, 0.05) is 11.4 Å². The smallest absolute Gasteiger partial charge is 0.328 e. The maximum absolute atomic E-state index is 12.2. The van der Waals surface area contributed by atoms with E-state index in [-0.39, 0.29) is 0 Å². The molecule has 2 heterocycles. The van der Waals surface area contributed by atoms with Crippen LogP contribution in [-0.2, 0) is 9.53 Å². The van der Waals surface area contributed by atoms with Crippen molar-refractivity contribution in [2.75, 3.05) is 7.11 Å². The number of nitrogens with one attached hydrogen (secondary N) is 1. The highest BCUT2D eigenvalue weighted by molar-refractivity contribution is 6.01. The highest BCUT2D eigenvalue weighted by Crippen LogP contribution is 2.12. The second kappa shape index (κ2) is 5.28. The van der Waals surface area contributed by atoms with Crippen LogP contribution < -0.4 is 5.32 Å². The molecule has 7 heteroatoms. The number of methoxy groups -OCH3 is 1. The normalized spacial score (nSPS) is 12.2. The summed E-state index contributed by atoms with van der Waals surface area (Å²) in [6.45, 7) is 5.28. The number of carbonyl (C=O) groups excluding carboxylic acids is 2. The average Bonchev–Trinajstić information content (AvgIpc) is 2.81. The maximum atomic E-state index is 12.2. The number of hydrogen-bond donors (Lipinski definition) is 1. The zero-order chi connectivity index (χ0) is 14.9. The molecule has 0 saturated heterocycles. The van der Waals surface area contributed by atoms with Gasteiger partial charge in [0.2, 0.25) is 0 Å². The summed E-state index contributed by atoms with van der Waals surface area (Å²) < 4.78 is 6.15. The largest absolute Gasteiger partial charge is 0.467 e. The summed E-state index contributed by atoms with van der Waals surface area (Å²) in [5.41, 5.74) is 2.47. The summed E-state index contributed by atoms with van der Waals surface area (Å²) >= 11 is 0. The zero-order valence-electron chi connectivity index (χ0n) is 11.8. The van der Waals surface area contributed by atoms with Gasteiger partial charge < -0.3 is 10.1 Å². The molecule has 0 bridgehead atoms. The molecule has 106 valence electrons. The number of fused-ring (bicyclic) bond motifs is 1. The van der Waals surface area contributed by atoms with Crippen molar-refractivity contribution in [3.8, 4) is 0 Å². The van der Waals surface area contributed by atoms with Crippen LogP contribution in [0, 0.1) is 13.8 Å². The van der Waals surface area contributed by atoms with Crippen molar-refractivity contribution < 1.29 is 14.3 Å². The topological polar surface area (TPSA) is 85.6 Å². The van der Waals surface area contributed by atoms with E-state index in [1.807, 2.05) is 19.9 Å². The molecule has 0 saturated carbocycles. The van der Waals surface area contributed by atoms with E-state index in [2.05, 4.69) is 20.1 Å². The minimum atomic E-state index is -0.728. The molecule has 7 nitrogen and oxygen atoms in total. The molecular weight excluding hydrogens is 260 g/mol. The molecule has 2 aromatic heterocycles. The Kier molecular flexibility index (Phi) is 3.69. The Labute approximate surface area is 115 Å². The molecule has 2 rings (SSSR count). The Morgan fingerprint density at radius 1 is 1.40 bits per heavy atom. The van der Waals surface area contributed by atoms with E-state index < -0.39 is 17.9 Å². The van der Waals surface area contributed by atoms with E-state index in [4.69, 9.17) is 0 Å². The molecule has 1 atom stereocenters. The van der Waals surface area contributed by atoms with Crippen LogP contribution in [0.4, 0.5) is 0 Å². The summed E-state index contributed by atoms with van der Waals surface area (Å²) in [6.07, 6.45) is 1.44. The molecule has 0 aromatic carbocycles. The van der Waals surface area contributed by atoms with Crippen LogP contribution in [0.3, 0.4) is 0 Å². The van der Waals surface area contributed by atoms with Crippen molar-refractivity contribution in [3.05, 3.63) is 29.2 Å². The third-order valence-electron chi connectivity index (χ3n) is 2.92. The molecule has 0 radical (unpaired) electrons. The van der Waals surface area contributed by atoms with E-state index in [1.54, 1.807) is 11.4 Å². The second-order valence-corrected chi connectivity index (χ2v) is 4.55. The molecule has 1 N–H and O–H groups in total. The number of amides is 1. The summed E-state index contributed by atoms with van der Waals surface area (Å²) in [5, 5.41) is 6.69. The number of hydrogen-bond acceptors (Lipinski definition) is 5. The molecule has 1 unspecified atom stereocenters. The summed E-state index contributed by atoms with van der Waals surface area (Å²) in [5.74, 6) is -0.912. The third-order valence-corrected chi connectivity index (χ3v) is 2.92. The molecule has 0 aliphatic rings. The van der Waals surface area contributed by atoms with Crippen molar-refractivity contribution in [2.24, 2.45) is 0 Å². The van der Waals surface area contributed by atoms with Gasteiger partial charge in [-0.1, -0.05) is 0 Å². The lowest BCUT2D eigenvalue weighted by molar-refractivity contribution is -0.142. The molecule has 20 heavy (non-hydrogen) atoms. The van der Waals surface area contributed by atoms with Crippen molar-refractivity contribution in [2.45, 2.75) is 26.8 Å². The Morgan fingerprint density at radius 2 is 2.10 bits per heavy atom. The number of nitrogens with zero attached hydrogens (tertiary/aromatic N) is 3. The molecular formula is C13H16N4O3. The average molecular weight is 276 g/mol. The van der Waals surface area contributed by atoms with Crippen LogP contribution in [0.1, 0.15) is 28.7 Å². The lowest BCUT2D eigenvalue weighted by atomic mass is 10.2. The molecule has 0 fully saturated rings. The van der Waals surface area contributed by atoms with Gasteiger partial charge in [-0.3, -0.25) is 4.79 Å². The number of esters is 1. The Bertz CT molecular complexity index is 678. The first-order valence-electron chi connectivity index (χ1n) is 6.14. The number of rotatable bonds is 3. The van der Waals surface area contributed by atoms with Gasteiger partial charge in [-0.2, -0.15) is 5.10 Å². The highest BCUT2D eigenvalue weighted by atomic mass is 16.5. The van der Waals surface area contributed by atoms with Gasteiger partial charge in [-0.05, 0) is 26.8 Å². The second-order valence-electron chi connectivity index (χ2n) is 4.55. The fourth-order valence-corrected chi connectivity index (χ4v) is 1.94.